The number of hydrogen-bond donors (Lipinski definition) is 2. The van der Waals surface area contributed by atoms with E-state index in [9.17, 15) is 13.6 Å². The molecule has 0 spiro atoms. The number of amides is 1. The number of nitrogen functional groups attached to an aromatic ring is 1. The lowest BCUT2D eigenvalue weighted by atomic mass is 9.98. The smallest absolute Gasteiger partial charge is 0.246 e. The van der Waals surface area contributed by atoms with Crippen molar-refractivity contribution < 1.29 is 13.6 Å². The number of nitrogens with zero attached hydrogens (tertiary/aromatic N) is 1. The fraction of sp³-hybridized carbons (Fsp3) is 0.278. The highest BCUT2D eigenvalue weighted by Crippen LogP contribution is 2.32. The summed E-state index contributed by atoms with van der Waals surface area (Å²) in [5.74, 6) is -1.66. The van der Waals surface area contributed by atoms with Crippen LogP contribution in [0.2, 0.25) is 0 Å². The van der Waals surface area contributed by atoms with Crippen LogP contribution in [0.15, 0.2) is 36.4 Å². The molecule has 3 rings (SSSR count). The largest absolute Gasteiger partial charge is 0.398 e. The van der Waals surface area contributed by atoms with Gasteiger partial charge < -0.3 is 16.0 Å². The fourth-order valence-corrected chi connectivity index (χ4v) is 3.05. The second kappa shape index (κ2) is 6.47. The van der Waals surface area contributed by atoms with Crippen LogP contribution in [0.5, 0.6) is 0 Å². The second-order valence-electron chi connectivity index (χ2n) is 5.93. The lowest BCUT2D eigenvalue weighted by molar-refractivity contribution is -0.117. The molecule has 3 N–H and O–H groups in total. The molecule has 126 valence electrons. The summed E-state index contributed by atoms with van der Waals surface area (Å²) in [5.41, 5.74) is 8.52. The van der Waals surface area contributed by atoms with E-state index in [2.05, 4.69) is 5.32 Å². The van der Waals surface area contributed by atoms with Crippen molar-refractivity contribution >= 4 is 23.0 Å². The van der Waals surface area contributed by atoms with E-state index in [1.807, 2.05) is 23.1 Å². The normalized spacial score (nSPS) is 14.9. The minimum Gasteiger partial charge on any atom is -0.398 e. The first-order valence-electron chi connectivity index (χ1n) is 7.87. The average molecular weight is 331 g/mol. The molecule has 1 unspecified atom stereocenters. The van der Waals surface area contributed by atoms with Gasteiger partial charge in [0, 0.05) is 24.0 Å². The number of benzene rings is 2. The van der Waals surface area contributed by atoms with Crippen LogP contribution in [0.25, 0.3) is 0 Å². The molecule has 4 nitrogen and oxygen atoms in total. The van der Waals surface area contributed by atoms with Crippen LogP contribution >= 0.6 is 0 Å². The number of carbonyl (C=O) groups is 1. The third-order valence-electron chi connectivity index (χ3n) is 4.36. The fourth-order valence-electron chi connectivity index (χ4n) is 3.05. The van der Waals surface area contributed by atoms with Crippen LogP contribution in [-0.4, -0.2) is 18.5 Å². The van der Waals surface area contributed by atoms with Gasteiger partial charge in [0.05, 0.1) is 5.69 Å². The van der Waals surface area contributed by atoms with Crippen molar-refractivity contribution in [2.24, 2.45) is 0 Å². The van der Waals surface area contributed by atoms with Gasteiger partial charge in [-0.2, -0.15) is 0 Å². The number of halogens is 2. The molecule has 2 aromatic carbocycles. The third-order valence-corrected chi connectivity index (χ3v) is 4.36. The van der Waals surface area contributed by atoms with E-state index < -0.39 is 23.6 Å². The maximum atomic E-state index is 13.7. The Morgan fingerprint density at radius 2 is 2.08 bits per heavy atom. The molecule has 0 bridgehead atoms. The van der Waals surface area contributed by atoms with E-state index in [0.29, 0.717) is 12.2 Å². The Labute approximate surface area is 139 Å². The van der Waals surface area contributed by atoms with Crippen molar-refractivity contribution in [1.82, 2.24) is 0 Å². The lowest BCUT2D eigenvalue weighted by Crippen LogP contribution is -2.45. The number of carbonyl (C=O) groups excluding carboxylic acids is 1. The lowest BCUT2D eigenvalue weighted by Gasteiger charge is -2.36. The summed E-state index contributed by atoms with van der Waals surface area (Å²) in [6.07, 6.45) is 1.75. The minimum atomic E-state index is -0.666. The summed E-state index contributed by atoms with van der Waals surface area (Å²) in [5, 5.41) is 2.47. The monoisotopic (exact) mass is 331 g/mol. The molecule has 0 saturated carbocycles. The average Bonchev–Trinajstić information content (AvgIpc) is 2.57. The number of nitrogens with two attached hydrogens (primary N) is 1. The Morgan fingerprint density at radius 3 is 2.88 bits per heavy atom. The zero-order valence-electron chi connectivity index (χ0n) is 13.4. The zero-order valence-corrected chi connectivity index (χ0v) is 13.4. The van der Waals surface area contributed by atoms with E-state index >= 15 is 0 Å². The first-order valence-corrected chi connectivity index (χ1v) is 7.87. The summed E-state index contributed by atoms with van der Waals surface area (Å²) >= 11 is 0. The predicted molar refractivity (Wildman–Crippen MR) is 91.0 cm³/mol. The van der Waals surface area contributed by atoms with Crippen molar-refractivity contribution in [2.75, 3.05) is 22.5 Å². The highest BCUT2D eigenvalue weighted by atomic mass is 19.1. The first-order chi connectivity index (χ1) is 11.5. The summed E-state index contributed by atoms with van der Waals surface area (Å²) in [7, 11) is 0. The zero-order chi connectivity index (χ0) is 17.3. The van der Waals surface area contributed by atoms with Crippen LogP contribution < -0.4 is 16.0 Å². The topological polar surface area (TPSA) is 58.4 Å². The molecule has 1 amide bonds. The van der Waals surface area contributed by atoms with Gasteiger partial charge in [-0.1, -0.05) is 6.07 Å². The summed E-state index contributed by atoms with van der Waals surface area (Å²) in [6.45, 7) is 2.45. The Bertz CT molecular complexity index is 779. The van der Waals surface area contributed by atoms with Crippen molar-refractivity contribution in [3.05, 3.63) is 53.6 Å². The van der Waals surface area contributed by atoms with Gasteiger partial charge in [-0.05, 0) is 49.6 Å². The van der Waals surface area contributed by atoms with Gasteiger partial charge in [0.25, 0.3) is 0 Å². The Balaban J connectivity index is 1.82. The van der Waals surface area contributed by atoms with E-state index in [1.165, 1.54) is 0 Å². The van der Waals surface area contributed by atoms with Crippen molar-refractivity contribution in [3.63, 3.8) is 0 Å². The highest BCUT2D eigenvalue weighted by molar-refractivity contribution is 5.97. The molecule has 0 radical (unpaired) electrons. The molecule has 1 aliphatic heterocycles. The van der Waals surface area contributed by atoms with Crippen molar-refractivity contribution in [3.8, 4) is 0 Å². The van der Waals surface area contributed by atoms with Gasteiger partial charge in [0.2, 0.25) is 5.91 Å². The maximum absolute atomic E-state index is 13.7. The standard InChI is InChI=1S/C18H19F2N3O/c1-11(18(24)22-16-10-12(19)7-8-14(16)20)23-9-3-4-13-15(21)5-2-6-17(13)23/h2,5-8,10-11H,3-4,9,21H2,1H3,(H,22,24). The highest BCUT2D eigenvalue weighted by Gasteiger charge is 2.27. The van der Waals surface area contributed by atoms with Gasteiger partial charge in [0.1, 0.15) is 17.7 Å². The van der Waals surface area contributed by atoms with Crippen LogP contribution in [0.3, 0.4) is 0 Å². The molecule has 6 heteroatoms. The second-order valence-corrected chi connectivity index (χ2v) is 5.93. The number of nitrogens with one attached hydrogen (secondary N) is 1. The van der Waals surface area contributed by atoms with Gasteiger partial charge >= 0.3 is 0 Å². The molecule has 0 aromatic heterocycles. The van der Waals surface area contributed by atoms with E-state index in [4.69, 9.17) is 5.73 Å². The summed E-state index contributed by atoms with van der Waals surface area (Å²) < 4.78 is 27.0. The van der Waals surface area contributed by atoms with Gasteiger partial charge in [0.15, 0.2) is 0 Å². The molecular weight excluding hydrogens is 312 g/mol. The van der Waals surface area contributed by atoms with Crippen LogP contribution in [0.1, 0.15) is 18.9 Å². The quantitative estimate of drug-likeness (QED) is 0.848. The molecule has 1 heterocycles. The number of anilines is 3. The maximum Gasteiger partial charge on any atom is 0.246 e. The van der Waals surface area contributed by atoms with E-state index in [-0.39, 0.29) is 5.69 Å². The molecule has 1 aliphatic rings. The van der Waals surface area contributed by atoms with Gasteiger partial charge in [-0.25, -0.2) is 8.78 Å². The Kier molecular flexibility index (Phi) is 4.38. The SMILES string of the molecule is CC(C(=O)Nc1cc(F)ccc1F)N1CCCc2c(N)cccc21. The molecule has 0 saturated heterocycles. The van der Waals surface area contributed by atoms with Gasteiger partial charge in [-0.3, -0.25) is 4.79 Å². The van der Waals surface area contributed by atoms with Crippen LogP contribution in [0.4, 0.5) is 25.8 Å². The van der Waals surface area contributed by atoms with E-state index in [1.54, 1.807) is 6.92 Å². The number of rotatable bonds is 3. The number of fused-ring (bicyclic) bond motifs is 1. The van der Waals surface area contributed by atoms with Crippen LogP contribution in [0, 0.1) is 11.6 Å². The molecule has 2 aromatic rings. The van der Waals surface area contributed by atoms with Gasteiger partial charge in [-0.15, -0.1) is 0 Å². The molecule has 0 fully saturated rings. The Morgan fingerprint density at radius 1 is 1.29 bits per heavy atom. The minimum absolute atomic E-state index is 0.156. The third kappa shape index (κ3) is 3.04. The Hall–Kier alpha value is -2.63. The number of hydrogen-bond acceptors (Lipinski definition) is 3. The molecule has 1 atom stereocenters. The predicted octanol–water partition coefficient (Wildman–Crippen LogP) is 3.33. The molecule has 0 aliphatic carbocycles. The summed E-state index contributed by atoms with van der Waals surface area (Å²) in [6, 6.07) is 8.07. The molecule has 24 heavy (non-hydrogen) atoms. The van der Waals surface area contributed by atoms with E-state index in [0.717, 1.165) is 42.3 Å². The van der Waals surface area contributed by atoms with Crippen LogP contribution in [-0.2, 0) is 11.2 Å². The molecular formula is C18H19F2N3O. The summed E-state index contributed by atoms with van der Waals surface area (Å²) in [4.78, 5) is 14.4. The first kappa shape index (κ1) is 16.2. The van der Waals surface area contributed by atoms with Crippen molar-refractivity contribution in [2.45, 2.75) is 25.8 Å². The van der Waals surface area contributed by atoms with Crippen molar-refractivity contribution in [1.29, 1.82) is 0 Å².